The molecule has 90 valence electrons. The second-order valence-electron chi connectivity index (χ2n) is 3.19. The summed E-state index contributed by atoms with van der Waals surface area (Å²) in [6.07, 6.45) is 1.33. The highest BCUT2D eigenvalue weighted by atomic mass is 16.6. The summed E-state index contributed by atoms with van der Waals surface area (Å²) in [7, 11) is 1.62. The van der Waals surface area contributed by atoms with Crippen molar-refractivity contribution in [2.24, 2.45) is 7.05 Å². The van der Waals surface area contributed by atoms with E-state index in [0.29, 0.717) is 0 Å². The summed E-state index contributed by atoms with van der Waals surface area (Å²) >= 11 is 0. The van der Waals surface area contributed by atoms with Crippen LogP contribution in [-0.2, 0) is 7.05 Å². The van der Waals surface area contributed by atoms with Crippen molar-refractivity contribution < 1.29 is 15.1 Å². The maximum atomic E-state index is 10.7. The maximum absolute atomic E-state index is 10.7. The van der Waals surface area contributed by atoms with Gasteiger partial charge in [-0.3, -0.25) is 4.57 Å². The minimum absolute atomic E-state index is 0.150. The van der Waals surface area contributed by atoms with E-state index in [2.05, 4.69) is 4.98 Å². The molecule has 0 aliphatic rings. The smallest absolute Gasteiger partial charge is 0.395 e. The van der Waals surface area contributed by atoms with Gasteiger partial charge in [0.15, 0.2) is 0 Å². The van der Waals surface area contributed by atoms with Gasteiger partial charge in [-0.05, 0) is 9.91 Å². The van der Waals surface area contributed by atoms with E-state index in [1.165, 1.54) is 15.8 Å². The van der Waals surface area contributed by atoms with Gasteiger partial charge in [0.05, 0.1) is 13.2 Å². The Bertz CT molecular complexity index is 359. The maximum Gasteiger partial charge on any atom is 0.406 e. The van der Waals surface area contributed by atoms with E-state index in [1.807, 2.05) is 0 Å². The summed E-state index contributed by atoms with van der Waals surface area (Å²) in [5.74, 6) is 0.0116. The lowest BCUT2D eigenvalue weighted by molar-refractivity contribution is -0.388. The molecule has 0 saturated carbocycles. The Morgan fingerprint density at radius 2 is 2.06 bits per heavy atom. The summed E-state index contributed by atoms with van der Waals surface area (Å²) in [6, 6.07) is 0. The first-order valence-corrected chi connectivity index (χ1v) is 4.74. The fraction of sp³-hybridized carbons (Fsp3) is 0.625. The average Bonchev–Trinajstić information content (AvgIpc) is 2.60. The minimum Gasteiger partial charge on any atom is -0.395 e. The Kier molecular flexibility index (Phi) is 4.20. The predicted molar refractivity (Wildman–Crippen MR) is 56.2 cm³/mol. The Morgan fingerprint density at radius 3 is 2.50 bits per heavy atom. The Hall–Kier alpha value is -1.67. The van der Waals surface area contributed by atoms with Gasteiger partial charge in [-0.25, -0.2) is 0 Å². The highest BCUT2D eigenvalue weighted by Crippen LogP contribution is 2.25. The van der Waals surface area contributed by atoms with Crippen LogP contribution < -0.4 is 4.90 Å². The van der Waals surface area contributed by atoms with Crippen molar-refractivity contribution in [3.05, 3.63) is 16.4 Å². The number of rotatable bonds is 6. The van der Waals surface area contributed by atoms with Crippen molar-refractivity contribution in [1.29, 1.82) is 0 Å². The van der Waals surface area contributed by atoms with Crippen molar-refractivity contribution in [3.63, 3.8) is 0 Å². The molecule has 0 bridgehead atoms. The zero-order valence-electron chi connectivity index (χ0n) is 8.91. The first-order valence-electron chi connectivity index (χ1n) is 4.74. The molecule has 0 atom stereocenters. The Morgan fingerprint density at radius 1 is 1.50 bits per heavy atom. The highest BCUT2D eigenvalue weighted by Gasteiger charge is 2.24. The molecule has 1 heterocycles. The molecular weight excluding hydrogens is 216 g/mol. The largest absolute Gasteiger partial charge is 0.406 e. The first-order chi connectivity index (χ1) is 7.61. The van der Waals surface area contributed by atoms with Gasteiger partial charge < -0.3 is 25.2 Å². The van der Waals surface area contributed by atoms with Crippen LogP contribution in [0.3, 0.4) is 0 Å². The van der Waals surface area contributed by atoms with Crippen molar-refractivity contribution in [2.45, 2.75) is 0 Å². The average molecular weight is 230 g/mol. The monoisotopic (exact) mass is 230 g/mol. The molecule has 2 N–H and O–H groups in total. The zero-order chi connectivity index (χ0) is 12.1. The van der Waals surface area contributed by atoms with Gasteiger partial charge in [0.25, 0.3) is 0 Å². The lowest BCUT2D eigenvalue weighted by Gasteiger charge is -2.21. The number of aliphatic hydroxyl groups excluding tert-OH is 2. The number of nitrogens with zero attached hydrogens (tertiary/aromatic N) is 4. The van der Waals surface area contributed by atoms with Crippen LogP contribution >= 0.6 is 0 Å². The number of imidazole rings is 1. The van der Waals surface area contributed by atoms with Gasteiger partial charge in [0.1, 0.15) is 0 Å². The van der Waals surface area contributed by atoms with Gasteiger partial charge in [-0.2, -0.15) is 0 Å². The van der Waals surface area contributed by atoms with Crippen LogP contribution in [0.4, 0.5) is 11.6 Å². The number of nitro groups is 1. The normalized spacial score (nSPS) is 10.4. The molecule has 1 aromatic rings. The third-order valence-electron chi connectivity index (χ3n) is 2.10. The Labute approximate surface area is 91.9 Å². The number of aliphatic hydroxyl groups is 2. The van der Waals surface area contributed by atoms with Crippen LogP contribution in [0.25, 0.3) is 0 Å². The van der Waals surface area contributed by atoms with Crippen molar-refractivity contribution >= 4 is 11.6 Å². The molecule has 1 aromatic heterocycles. The van der Waals surface area contributed by atoms with E-state index in [-0.39, 0.29) is 37.9 Å². The molecule has 0 saturated heterocycles. The van der Waals surface area contributed by atoms with Gasteiger partial charge in [-0.1, -0.05) is 0 Å². The van der Waals surface area contributed by atoms with E-state index in [9.17, 15) is 10.1 Å². The summed E-state index contributed by atoms with van der Waals surface area (Å²) < 4.78 is 1.49. The second-order valence-corrected chi connectivity index (χ2v) is 3.19. The molecule has 8 heteroatoms. The molecule has 0 amide bonds. The summed E-state index contributed by atoms with van der Waals surface area (Å²) in [5.41, 5.74) is 0. The van der Waals surface area contributed by atoms with E-state index >= 15 is 0 Å². The molecule has 0 spiro atoms. The SMILES string of the molecule is Cn1cnc([N+](=O)[O-])c1N(CCO)CCO. The third kappa shape index (κ3) is 2.47. The van der Waals surface area contributed by atoms with Crippen molar-refractivity contribution in [1.82, 2.24) is 9.55 Å². The lowest BCUT2D eigenvalue weighted by Crippen LogP contribution is -2.31. The van der Waals surface area contributed by atoms with Crippen LogP contribution in [0.2, 0.25) is 0 Å². The molecule has 0 fully saturated rings. The summed E-state index contributed by atoms with van der Waals surface area (Å²) in [6.45, 7) is 0.118. The third-order valence-corrected chi connectivity index (χ3v) is 2.10. The van der Waals surface area contributed by atoms with Crippen molar-refractivity contribution in [3.8, 4) is 0 Å². The molecule has 0 aliphatic heterocycles. The number of aromatic nitrogens is 2. The van der Waals surface area contributed by atoms with Gasteiger partial charge in [-0.15, -0.1) is 0 Å². The highest BCUT2D eigenvalue weighted by molar-refractivity contribution is 5.54. The Balaban J connectivity index is 3.05. The predicted octanol–water partition coefficient (Wildman–Crippen LogP) is -0.881. The molecule has 16 heavy (non-hydrogen) atoms. The number of hydrogen-bond donors (Lipinski definition) is 2. The van der Waals surface area contributed by atoms with Gasteiger partial charge >= 0.3 is 5.82 Å². The van der Waals surface area contributed by atoms with E-state index < -0.39 is 4.92 Å². The molecule has 0 unspecified atom stereocenters. The molecule has 8 nitrogen and oxygen atoms in total. The first kappa shape index (κ1) is 12.4. The van der Waals surface area contributed by atoms with E-state index in [4.69, 9.17) is 10.2 Å². The van der Waals surface area contributed by atoms with Crippen LogP contribution in [0.1, 0.15) is 0 Å². The minimum atomic E-state index is -0.586. The van der Waals surface area contributed by atoms with Gasteiger partial charge in [0.2, 0.25) is 12.1 Å². The molecular formula is C8H14N4O4. The van der Waals surface area contributed by atoms with Crippen molar-refractivity contribution in [2.75, 3.05) is 31.2 Å². The second kappa shape index (κ2) is 5.42. The zero-order valence-corrected chi connectivity index (χ0v) is 8.91. The molecule has 1 rings (SSSR count). The lowest BCUT2D eigenvalue weighted by atomic mass is 10.4. The fourth-order valence-electron chi connectivity index (χ4n) is 1.47. The number of anilines is 1. The number of hydrogen-bond acceptors (Lipinski definition) is 6. The van der Waals surface area contributed by atoms with Crippen LogP contribution in [-0.4, -0.2) is 51.0 Å². The number of aryl methyl sites for hydroxylation is 1. The standard InChI is InChI=1S/C8H14N4O4/c1-10-6-9-7(12(15)16)8(10)11(2-4-13)3-5-14/h6,13-14H,2-5H2,1H3. The molecule has 0 radical (unpaired) electrons. The van der Waals surface area contributed by atoms with E-state index in [1.54, 1.807) is 7.05 Å². The van der Waals surface area contributed by atoms with E-state index in [0.717, 1.165) is 0 Å². The summed E-state index contributed by atoms with van der Waals surface area (Å²) in [4.78, 5) is 15.3. The molecule has 0 aliphatic carbocycles. The topological polar surface area (TPSA) is 105 Å². The quantitative estimate of drug-likeness (QED) is 0.485. The van der Waals surface area contributed by atoms with Crippen LogP contribution in [0.5, 0.6) is 0 Å². The van der Waals surface area contributed by atoms with Crippen LogP contribution in [0.15, 0.2) is 6.33 Å². The summed E-state index contributed by atoms with van der Waals surface area (Å²) in [5, 5.41) is 28.4. The van der Waals surface area contributed by atoms with Gasteiger partial charge in [0, 0.05) is 20.1 Å². The van der Waals surface area contributed by atoms with Crippen LogP contribution in [0, 0.1) is 10.1 Å². The molecule has 0 aromatic carbocycles. The fourth-order valence-corrected chi connectivity index (χ4v) is 1.47.